The van der Waals surface area contributed by atoms with Gasteiger partial charge in [0, 0.05) is 19.5 Å². The third kappa shape index (κ3) is 1.94. The minimum Gasteiger partial charge on any atom is -0.288 e. The highest BCUT2D eigenvalue weighted by Gasteiger charge is 2.06. The molecule has 0 aliphatic carbocycles. The van der Waals surface area contributed by atoms with E-state index in [0.717, 1.165) is 0 Å². The van der Waals surface area contributed by atoms with Crippen molar-refractivity contribution in [2.75, 3.05) is 17.6 Å². The van der Waals surface area contributed by atoms with E-state index < -0.39 is 9.92 Å². The summed E-state index contributed by atoms with van der Waals surface area (Å²) in [5, 5.41) is 0. The molecule has 0 spiro atoms. The van der Waals surface area contributed by atoms with Crippen molar-refractivity contribution in [2.45, 2.75) is 0 Å². The lowest BCUT2D eigenvalue weighted by atomic mass is 10.4. The van der Waals surface area contributed by atoms with E-state index in [1.807, 2.05) is 0 Å². The number of anilines is 1. The molecule has 1 atom stereocenters. The molecule has 66 valence electrons. The summed E-state index contributed by atoms with van der Waals surface area (Å²) in [4.78, 5) is 3.87. The van der Waals surface area contributed by atoms with Crippen LogP contribution in [-0.4, -0.2) is 22.5 Å². The Balaban J connectivity index is 3.02. The van der Waals surface area contributed by atoms with E-state index in [0.29, 0.717) is 5.69 Å². The number of nitrogens with one attached hydrogen (secondary N) is 1. The lowest BCUT2D eigenvalue weighted by molar-refractivity contribution is 0.677. The molecule has 1 aromatic rings. The number of aromatic nitrogens is 1. The molecule has 0 aliphatic rings. The first-order chi connectivity index (χ1) is 5.52. The quantitative estimate of drug-likeness (QED) is 0.750. The Labute approximate surface area is 72.3 Å². The molecule has 1 N–H and O–H groups in total. The molecule has 0 saturated heterocycles. The molecule has 0 bridgehead atoms. The van der Waals surface area contributed by atoms with Crippen LogP contribution in [0.2, 0.25) is 0 Å². The van der Waals surface area contributed by atoms with Gasteiger partial charge in [-0.2, -0.15) is 0 Å². The highest BCUT2D eigenvalue weighted by atomic mass is 32.2. The van der Waals surface area contributed by atoms with Gasteiger partial charge in [0.25, 0.3) is 0 Å². The van der Waals surface area contributed by atoms with Gasteiger partial charge in [-0.25, -0.2) is 8.99 Å². The molecule has 0 aliphatic heterocycles. The number of hydrogen-bond donors (Lipinski definition) is 1. The van der Waals surface area contributed by atoms with Crippen LogP contribution in [0, 0.1) is 4.78 Å². The second-order valence-corrected chi connectivity index (χ2v) is 4.66. The van der Waals surface area contributed by atoms with Gasteiger partial charge in [-0.05, 0) is 12.1 Å². The van der Waals surface area contributed by atoms with Crippen molar-refractivity contribution in [1.29, 1.82) is 4.78 Å². The molecule has 1 unspecified atom stereocenters. The molecule has 0 radical (unpaired) electrons. The van der Waals surface area contributed by atoms with E-state index in [4.69, 9.17) is 4.78 Å². The van der Waals surface area contributed by atoms with E-state index in [1.54, 1.807) is 31.6 Å². The zero-order valence-electron chi connectivity index (χ0n) is 7.02. The average Bonchev–Trinajstić information content (AvgIpc) is 2.03. The number of rotatable bonds is 2. The standard InChI is InChI=1S/C7H11N3OS/c1-10(12(2,8)11)7-4-3-5-9-6-7/h3-6,8H,1-2H3. The summed E-state index contributed by atoms with van der Waals surface area (Å²) in [6.07, 6.45) is 4.59. The van der Waals surface area contributed by atoms with E-state index in [9.17, 15) is 4.21 Å². The van der Waals surface area contributed by atoms with Crippen molar-refractivity contribution in [3.63, 3.8) is 0 Å². The second-order valence-electron chi connectivity index (χ2n) is 2.51. The smallest absolute Gasteiger partial charge is 0.125 e. The maximum absolute atomic E-state index is 11.3. The first kappa shape index (κ1) is 8.99. The SMILES string of the molecule is CN(c1cccnc1)S(C)(=N)=O. The van der Waals surface area contributed by atoms with E-state index in [1.165, 1.54) is 10.6 Å². The summed E-state index contributed by atoms with van der Waals surface area (Å²) in [6, 6.07) is 3.52. The number of hydrogen-bond acceptors (Lipinski definition) is 3. The van der Waals surface area contributed by atoms with Gasteiger partial charge in [0.1, 0.15) is 9.92 Å². The number of nitrogens with zero attached hydrogens (tertiary/aromatic N) is 2. The van der Waals surface area contributed by atoms with Crippen LogP contribution in [0.25, 0.3) is 0 Å². The molecule has 0 amide bonds. The van der Waals surface area contributed by atoms with Gasteiger partial charge in [-0.3, -0.25) is 9.29 Å². The molecule has 5 heteroatoms. The Morgan fingerprint density at radius 3 is 2.75 bits per heavy atom. The minimum absolute atomic E-state index is 0.694. The highest BCUT2D eigenvalue weighted by molar-refractivity contribution is 7.93. The molecular formula is C7H11N3OS. The van der Waals surface area contributed by atoms with Crippen molar-refractivity contribution < 1.29 is 4.21 Å². The van der Waals surface area contributed by atoms with Crippen LogP contribution >= 0.6 is 0 Å². The van der Waals surface area contributed by atoms with Gasteiger partial charge in [-0.1, -0.05) is 0 Å². The van der Waals surface area contributed by atoms with Crippen LogP contribution in [-0.2, 0) is 9.92 Å². The summed E-state index contributed by atoms with van der Waals surface area (Å²) in [6.45, 7) is 0. The normalized spacial score (nSPS) is 15.2. The topological polar surface area (TPSA) is 57.1 Å². The Bertz CT molecular complexity index is 346. The van der Waals surface area contributed by atoms with Crippen LogP contribution in [0.1, 0.15) is 0 Å². The zero-order chi connectivity index (χ0) is 9.19. The fourth-order valence-electron chi connectivity index (χ4n) is 0.741. The first-order valence-corrected chi connectivity index (χ1v) is 5.32. The summed E-state index contributed by atoms with van der Waals surface area (Å²) in [7, 11) is -1.05. The van der Waals surface area contributed by atoms with Crippen molar-refractivity contribution >= 4 is 15.6 Å². The van der Waals surface area contributed by atoms with Gasteiger partial charge >= 0.3 is 0 Å². The minimum atomic E-state index is -2.66. The Morgan fingerprint density at radius 2 is 2.33 bits per heavy atom. The maximum Gasteiger partial charge on any atom is 0.125 e. The van der Waals surface area contributed by atoms with Gasteiger partial charge < -0.3 is 0 Å². The molecule has 1 heterocycles. The van der Waals surface area contributed by atoms with E-state index in [2.05, 4.69) is 4.98 Å². The molecule has 1 rings (SSSR count). The van der Waals surface area contributed by atoms with Crippen molar-refractivity contribution in [1.82, 2.24) is 4.98 Å². The summed E-state index contributed by atoms with van der Waals surface area (Å²) < 4.78 is 20.0. The monoisotopic (exact) mass is 185 g/mol. The van der Waals surface area contributed by atoms with Crippen LogP contribution < -0.4 is 4.31 Å². The first-order valence-electron chi connectivity index (χ1n) is 3.39. The zero-order valence-corrected chi connectivity index (χ0v) is 7.84. The molecule has 4 nitrogen and oxygen atoms in total. The second kappa shape index (κ2) is 3.10. The molecule has 0 aromatic carbocycles. The van der Waals surface area contributed by atoms with E-state index in [-0.39, 0.29) is 0 Å². The van der Waals surface area contributed by atoms with Gasteiger partial charge in [0.05, 0.1) is 11.9 Å². The molecule has 0 saturated carbocycles. The average molecular weight is 185 g/mol. The number of pyridine rings is 1. The third-order valence-electron chi connectivity index (χ3n) is 1.53. The summed E-state index contributed by atoms with van der Waals surface area (Å²) in [5.41, 5.74) is 0.694. The molecule has 1 aromatic heterocycles. The van der Waals surface area contributed by atoms with Crippen LogP contribution in [0.15, 0.2) is 24.5 Å². The van der Waals surface area contributed by atoms with Gasteiger partial charge in [0.2, 0.25) is 0 Å². The molecular weight excluding hydrogens is 174 g/mol. The van der Waals surface area contributed by atoms with Crippen molar-refractivity contribution in [2.24, 2.45) is 0 Å². The lowest BCUT2D eigenvalue weighted by Gasteiger charge is -2.17. The predicted octanol–water partition coefficient (Wildman–Crippen LogP) is 1.11. The maximum atomic E-state index is 11.3. The Hall–Kier alpha value is -1.10. The molecule has 12 heavy (non-hydrogen) atoms. The van der Waals surface area contributed by atoms with Gasteiger partial charge in [-0.15, -0.1) is 0 Å². The third-order valence-corrected chi connectivity index (χ3v) is 2.79. The highest BCUT2D eigenvalue weighted by Crippen LogP contribution is 2.12. The fourth-order valence-corrected chi connectivity index (χ4v) is 1.25. The van der Waals surface area contributed by atoms with Crippen LogP contribution in [0.3, 0.4) is 0 Å². The molecule has 0 fully saturated rings. The van der Waals surface area contributed by atoms with Crippen molar-refractivity contribution in [3.05, 3.63) is 24.5 Å². The summed E-state index contributed by atoms with van der Waals surface area (Å²) >= 11 is 0. The Morgan fingerprint density at radius 1 is 1.67 bits per heavy atom. The Kier molecular flexibility index (Phi) is 2.32. The summed E-state index contributed by atoms with van der Waals surface area (Å²) in [5.74, 6) is 0. The largest absolute Gasteiger partial charge is 0.288 e. The van der Waals surface area contributed by atoms with Crippen molar-refractivity contribution in [3.8, 4) is 0 Å². The fraction of sp³-hybridized carbons (Fsp3) is 0.286. The van der Waals surface area contributed by atoms with Crippen LogP contribution in [0.5, 0.6) is 0 Å². The van der Waals surface area contributed by atoms with Crippen LogP contribution in [0.4, 0.5) is 5.69 Å². The van der Waals surface area contributed by atoms with E-state index >= 15 is 0 Å². The lowest BCUT2D eigenvalue weighted by Crippen LogP contribution is -2.23. The van der Waals surface area contributed by atoms with Gasteiger partial charge in [0.15, 0.2) is 0 Å². The predicted molar refractivity (Wildman–Crippen MR) is 49.4 cm³/mol.